The fourth-order valence-electron chi connectivity index (χ4n) is 2.63. The third-order valence-corrected chi connectivity index (χ3v) is 3.80. The largest absolute Gasteiger partial charge is 0.419 e. The van der Waals surface area contributed by atoms with Crippen LogP contribution < -0.4 is 5.01 Å². The zero-order valence-electron chi connectivity index (χ0n) is 13.0. The van der Waals surface area contributed by atoms with Crippen LogP contribution in [0.2, 0.25) is 0 Å². The number of hydrogen-bond donors (Lipinski definition) is 0. The summed E-state index contributed by atoms with van der Waals surface area (Å²) in [6.45, 7) is 0. The topological polar surface area (TPSA) is 67.4 Å². The lowest BCUT2D eigenvalue weighted by molar-refractivity contribution is 0.495. The van der Waals surface area contributed by atoms with Crippen LogP contribution in [0.25, 0.3) is 0 Å². The quantitative estimate of drug-likeness (QED) is 0.741. The van der Waals surface area contributed by atoms with Crippen LogP contribution in [0.4, 0.5) is 10.1 Å². The van der Waals surface area contributed by atoms with Crippen LogP contribution in [-0.2, 0) is 12.8 Å². The Morgan fingerprint density at radius 1 is 1.17 bits per heavy atom. The first-order valence-electron chi connectivity index (χ1n) is 7.51. The molecular formula is C17H14FN5O. The average molecular weight is 323 g/mol. The van der Waals surface area contributed by atoms with Gasteiger partial charge in [-0.2, -0.15) is 5.10 Å². The van der Waals surface area contributed by atoms with Gasteiger partial charge in [-0.25, -0.2) is 4.39 Å². The van der Waals surface area contributed by atoms with Crippen molar-refractivity contribution in [1.29, 1.82) is 0 Å². The van der Waals surface area contributed by atoms with Crippen molar-refractivity contribution in [3.63, 3.8) is 0 Å². The first kappa shape index (κ1) is 14.5. The standard InChI is InChI=1S/C17H14FN5O/c1-23-15-3-2-8-19-13(15)10-14(22-23)17-21-20-16(24-17)9-11-4-6-12(18)7-5-11/h2-8H,9-10H2,1H3. The molecule has 0 aliphatic carbocycles. The van der Waals surface area contributed by atoms with E-state index in [1.807, 2.05) is 19.2 Å². The Morgan fingerprint density at radius 3 is 2.83 bits per heavy atom. The zero-order chi connectivity index (χ0) is 16.5. The summed E-state index contributed by atoms with van der Waals surface area (Å²) < 4.78 is 18.7. The number of rotatable bonds is 3. The predicted molar refractivity (Wildman–Crippen MR) is 86.4 cm³/mol. The van der Waals surface area contributed by atoms with Gasteiger partial charge in [0.15, 0.2) is 0 Å². The number of fused-ring (bicyclic) bond motifs is 1. The maximum Gasteiger partial charge on any atom is 0.264 e. The summed E-state index contributed by atoms with van der Waals surface area (Å²) in [4.78, 5) is 4.38. The van der Waals surface area contributed by atoms with E-state index in [0.717, 1.165) is 16.9 Å². The molecule has 0 radical (unpaired) electrons. The van der Waals surface area contributed by atoms with Gasteiger partial charge in [0.2, 0.25) is 5.89 Å². The molecule has 4 rings (SSSR count). The SMILES string of the molecule is CN1N=C(c2nnc(Cc3ccc(F)cc3)o2)Cc2ncccc21. The van der Waals surface area contributed by atoms with Crippen molar-refractivity contribution >= 4 is 11.4 Å². The highest BCUT2D eigenvalue weighted by Gasteiger charge is 2.22. The summed E-state index contributed by atoms with van der Waals surface area (Å²) in [6, 6.07) is 10.1. The number of aromatic nitrogens is 3. The van der Waals surface area contributed by atoms with E-state index in [9.17, 15) is 4.39 Å². The fourth-order valence-corrected chi connectivity index (χ4v) is 2.63. The van der Waals surface area contributed by atoms with Crippen molar-refractivity contribution in [3.8, 4) is 0 Å². The third kappa shape index (κ3) is 2.76. The smallest absolute Gasteiger partial charge is 0.264 e. The van der Waals surface area contributed by atoms with E-state index >= 15 is 0 Å². The second-order valence-electron chi connectivity index (χ2n) is 5.52. The van der Waals surface area contributed by atoms with Crippen molar-refractivity contribution < 1.29 is 8.81 Å². The zero-order valence-corrected chi connectivity index (χ0v) is 13.0. The minimum absolute atomic E-state index is 0.268. The van der Waals surface area contributed by atoms with Crippen LogP contribution in [0.3, 0.4) is 0 Å². The Bertz CT molecular complexity index is 903. The lowest BCUT2D eigenvalue weighted by Gasteiger charge is -2.22. The number of anilines is 1. The minimum atomic E-state index is -0.268. The molecule has 24 heavy (non-hydrogen) atoms. The monoisotopic (exact) mass is 323 g/mol. The molecule has 0 N–H and O–H groups in total. The van der Waals surface area contributed by atoms with E-state index in [0.29, 0.717) is 30.3 Å². The first-order chi connectivity index (χ1) is 11.7. The van der Waals surface area contributed by atoms with E-state index < -0.39 is 0 Å². The number of nitrogens with zero attached hydrogens (tertiary/aromatic N) is 5. The van der Waals surface area contributed by atoms with Crippen LogP contribution in [0, 0.1) is 5.82 Å². The summed E-state index contributed by atoms with van der Waals surface area (Å²) in [7, 11) is 1.86. The summed E-state index contributed by atoms with van der Waals surface area (Å²) in [5.74, 6) is 0.583. The fraction of sp³-hybridized carbons (Fsp3) is 0.176. The maximum atomic E-state index is 13.0. The van der Waals surface area contributed by atoms with Crippen molar-refractivity contribution in [3.05, 3.63) is 71.5 Å². The molecule has 0 bridgehead atoms. The minimum Gasteiger partial charge on any atom is -0.419 e. The number of benzene rings is 1. The molecule has 6 nitrogen and oxygen atoms in total. The van der Waals surface area contributed by atoms with Crippen LogP contribution in [-0.4, -0.2) is 27.9 Å². The first-order valence-corrected chi connectivity index (χ1v) is 7.51. The van der Waals surface area contributed by atoms with Gasteiger partial charge in [0.25, 0.3) is 5.89 Å². The Labute approximate surface area is 137 Å². The molecule has 0 amide bonds. The second-order valence-corrected chi connectivity index (χ2v) is 5.52. The van der Waals surface area contributed by atoms with Gasteiger partial charge < -0.3 is 4.42 Å². The second kappa shape index (κ2) is 5.84. The molecule has 0 fully saturated rings. The Kier molecular flexibility index (Phi) is 3.53. The van der Waals surface area contributed by atoms with Crippen LogP contribution in [0.1, 0.15) is 23.0 Å². The Balaban J connectivity index is 1.56. The van der Waals surface area contributed by atoms with Gasteiger partial charge in [-0.1, -0.05) is 12.1 Å². The van der Waals surface area contributed by atoms with E-state index in [4.69, 9.17) is 4.42 Å². The van der Waals surface area contributed by atoms with E-state index in [1.165, 1.54) is 12.1 Å². The Morgan fingerprint density at radius 2 is 2.00 bits per heavy atom. The van der Waals surface area contributed by atoms with Gasteiger partial charge in [-0.3, -0.25) is 9.99 Å². The van der Waals surface area contributed by atoms with Gasteiger partial charge >= 0.3 is 0 Å². The Hall–Kier alpha value is -3.09. The van der Waals surface area contributed by atoms with E-state index in [2.05, 4.69) is 20.3 Å². The predicted octanol–water partition coefficient (Wildman–Crippen LogP) is 2.59. The normalized spacial score (nSPS) is 13.6. The summed E-state index contributed by atoms with van der Waals surface area (Å²) in [5.41, 5.74) is 3.47. The molecule has 0 spiro atoms. The number of pyridine rings is 1. The highest BCUT2D eigenvalue weighted by molar-refractivity contribution is 6.00. The van der Waals surface area contributed by atoms with Gasteiger partial charge in [-0.15, -0.1) is 10.2 Å². The maximum absolute atomic E-state index is 13.0. The van der Waals surface area contributed by atoms with Crippen molar-refractivity contribution in [2.24, 2.45) is 5.10 Å². The highest BCUT2D eigenvalue weighted by Crippen LogP contribution is 2.24. The molecule has 2 aromatic heterocycles. The lowest BCUT2D eigenvalue weighted by atomic mass is 10.1. The van der Waals surface area contributed by atoms with Crippen LogP contribution in [0.15, 0.2) is 52.1 Å². The molecule has 3 heterocycles. The van der Waals surface area contributed by atoms with Gasteiger partial charge in [-0.05, 0) is 29.8 Å². The van der Waals surface area contributed by atoms with Gasteiger partial charge in [0, 0.05) is 19.7 Å². The molecule has 3 aromatic rings. The molecular weight excluding hydrogens is 309 g/mol. The van der Waals surface area contributed by atoms with Crippen LogP contribution >= 0.6 is 0 Å². The van der Waals surface area contributed by atoms with E-state index in [-0.39, 0.29) is 5.82 Å². The van der Waals surface area contributed by atoms with Crippen LogP contribution in [0.5, 0.6) is 0 Å². The molecule has 1 aliphatic rings. The summed E-state index contributed by atoms with van der Waals surface area (Å²) in [5, 5.41) is 14.4. The molecule has 1 aromatic carbocycles. The number of halogens is 1. The summed E-state index contributed by atoms with van der Waals surface area (Å²) in [6.07, 6.45) is 2.74. The van der Waals surface area contributed by atoms with Crippen molar-refractivity contribution in [2.45, 2.75) is 12.8 Å². The third-order valence-electron chi connectivity index (χ3n) is 3.80. The highest BCUT2D eigenvalue weighted by atomic mass is 19.1. The number of hydrogen-bond acceptors (Lipinski definition) is 6. The van der Waals surface area contributed by atoms with Crippen molar-refractivity contribution in [2.75, 3.05) is 12.1 Å². The number of hydrazone groups is 1. The molecule has 7 heteroatoms. The molecule has 120 valence electrons. The van der Waals surface area contributed by atoms with Gasteiger partial charge in [0.05, 0.1) is 17.8 Å². The van der Waals surface area contributed by atoms with Gasteiger partial charge in [0.1, 0.15) is 11.5 Å². The molecule has 0 saturated carbocycles. The molecule has 0 atom stereocenters. The molecule has 1 aliphatic heterocycles. The molecule has 0 unspecified atom stereocenters. The molecule has 0 saturated heterocycles. The van der Waals surface area contributed by atoms with Crippen molar-refractivity contribution in [1.82, 2.24) is 15.2 Å². The lowest BCUT2D eigenvalue weighted by Crippen LogP contribution is -2.23. The van der Waals surface area contributed by atoms with E-state index in [1.54, 1.807) is 23.3 Å². The average Bonchev–Trinajstić information content (AvgIpc) is 3.05. The summed E-state index contributed by atoms with van der Waals surface area (Å²) >= 11 is 0.